The SMILES string of the molecule is CC.CC.CNSc1cccc(C)c1. The van der Waals surface area contributed by atoms with E-state index in [-0.39, 0.29) is 0 Å². The van der Waals surface area contributed by atoms with Crippen molar-refractivity contribution in [2.24, 2.45) is 0 Å². The molecule has 0 aliphatic heterocycles. The van der Waals surface area contributed by atoms with E-state index in [0.29, 0.717) is 0 Å². The van der Waals surface area contributed by atoms with Crippen molar-refractivity contribution in [3.8, 4) is 0 Å². The molecule has 1 nitrogen and oxygen atoms in total. The molecule has 0 bridgehead atoms. The standard InChI is InChI=1S/C8H11NS.2C2H6/c1-7-4-3-5-8(6-7)10-9-2;2*1-2/h3-6,9H,1-2H3;2*1-2H3. The molecule has 1 N–H and O–H groups in total. The van der Waals surface area contributed by atoms with Gasteiger partial charge in [-0.25, -0.2) is 0 Å². The normalized spacial score (nSPS) is 7.86. The first-order valence-corrected chi connectivity index (χ1v) is 6.05. The Morgan fingerprint density at radius 1 is 1.07 bits per heavy atom. The lowest BCUT2D eigenvalue weighted by atomic mass is 10.2. The summed E-state index contributed by atoms with van der Waals surface area (Å²) in [6, 6.07) is 8.41. The third-order valence-corrected chi connectivity index (χ3v) is 1.90. The predicted octanol–water partition coefficient (Wildman–Crippen LogP) is 4.27. The molecule has 0 saturated heterocycles. The van der Waals surface area contributed by atoms with Gasteiger partial charge in [-0.3, -0.25) is 4.72 Å². The van der Waals surface area contributed by atoms with Crippen LogP contribution in [0.4, 0.5) is 0 Å². The average Bonchev–Trinajstić information content (AvgIpc) is 2.24. The molecule has 0 aliphatic rings. The summed E-state index contributed by atoms with van der Waals surface area (Å²) in [6.07, 6.45) is 0. The van der Waals surface area contributed by atoms with Gasteiger partial charge in [0.15, 0.2) is 0 Å². The second-order valence-electron chi connectivity index (χ2n) is 2.12. The van der Waals surface area contributed by atoms with Gasteiger partial charge in [0.05, 0.1) is 0 Å². The van der Waals surface area contributed by atoms with Crippen LogP contribution in [0.5, 0.6) is 0 Å². The van der Waals surface area contributed by atoms with E-state index >= 15 is 0 Å². The number of hydrogen-bond donors (Lipinski definition) is 1. The van der Waals surface area contributed by atoms with Gasteiger partial charge in [-0.2, -0.15) is 0 Å². The Kier molecular flexibility index (Phi) is 14.3. The molecule has 0 saturated carbocycles. The van der Waals surface area contributed by atoms with Crippen LogP contribution in [0.3, 0.4) is 0 Å². The van der Waals surface area contributed by atoms with Crippen LogP contribution in [-0.2, 0) is 0 Å². The number of benzene rings is 1. The summed E-state index contributed by atoms with van der Waals surface area (Å²) < 4.78 is 3.03. The van der Waals surface area contributed by atoms with Crippen LogP contribution in [0.25, 0.3) is 0 Å². The van der Waals surface area contributed by atoms with E-state index in [1.54, 1.807) is 11.9 Å². The maximum absolute atomic E-state index is 3.03. The number of aryl methyl sites for hydroxylation is 1. The highest BCUT2D eigenvalue weighted by atomic mass is 32.2. The van der Waals surface area contributed by atoms with Gasteiger partial charge >= 0.3 is 0 Å². The molecule has 82 valence electrons. The van der Waals surface area contributed by atoms with E-state index in [2.05, 4.69) is 35.9 Å². The summed E-state index contributed by atoms with van der Waals surface area (Å²) in [4.78, 5) is 1.27. The predicted molar refractivity (Wildman–Crippen MR) is 68.8 cm³/mol. The van der Waals surface area contributed by atoms with Crippen molar-refractivity contribution in [1.29, 1.82) is 0 Å². The molecule has 0 radical (unpaired) electrons. The highest BCUT2D eigenvalue weighted by molar-refractivity contribution is 7.97. The van der Waals surface area contributed by atoms with Crippen LogP contribution >= 0.6 is 11.9 Å². The molecule has 2 heteroatoms. The Bertz CT molecular complexity index is 211. The molecule has 0 fully saturated rings. The highest BCUT2D eigenvalue weighted by Gasteiger charge is 1.89. The van der Waals surface area contributed by atoms with Gasteiger partial charge in [0.2, 0.25) is 0 Å². The molecule has 1 aromatic rings. The minimum absolute atomic E-state index is 1.27. The second-order valence-corrected chi connectivity index (χ2v) is 3.21. The van der Waals surface area contributed by atoms with Crippen molar-refractivity contribution in [2.45, 2.75) is 39.5 Å². The van der Waals surface area contributed by atoms with E-state index in [1.807, 2.05) is 34.7 Å². The first kappa shape index (κ1) is 16.0. The average molecular weight is 213 g/mol. The lowest BCUT2D eigenvalue weighted by Gasteiger charge is -1.98. The van der Waals surface area contributed by atoms with E-state index in [0.717, 1.165) is 0 Å². The van der Waals surface area contributed by atoms with E-state index in [4.69, 9.17) is 0 Å². The topological polar surface area (TPSA) is 12.0 Å². The van der Waals surface area contributed by atoms with E-state index < -0.39 is 0 Å². The summed E-state index contributed by atoms with van der Waals surface area (Å²) in [5, 5.41) is 0. The molecule has 0 unspecified atom stereocenters. The van der Waals surface area contributed by atoms with E-state index in [9.17, 15) is 0 Å². The second kappa shape index (κ2) is 12.5. The molecule has 1 rings (SSSR count). The Morgan fingerprint density at radius 3 is 2.07 bits per heavy atom. The fraction of sp³-hybridized carbons (Fsp3) is 0.500. The molecule has 0 spiro atoms. The van der Waals surface area contributed by atoms with Crippen LogP contribution in [-0.4, -0.2) is 7.05 Å². The lowest BCUT2D eigenvalue weighted by molar-refractivity contribution is 1.27. The Hall–Kier alpha value is -0.470. The zero-order valence-electron chi connectivity index (χ0n) is 10.2. The van der Waals surface area contributed by atoms with Crippen molar-refractivity contribution < 1.29 is 0 Å². The molecule has 1 aromatic carbocycles. The van der Waals surface area contributed by atoms with Gasteiger partial charge < -0.3 is 0 Å². The zero-order valence-corrected chi connectivity index (χ0v) is 11.0. The van der Waals surface area contributed by atoms with Crippen LogP contribution in [0.1, 0.15) is 33.3 Å². The molecular weight excluding hydrogens is 190 g/mol. The fourth-order valence-electron chi connectivity index (χ4n) is 0.797. The molecule has 14 heavy (non-hydrogen) atoms. The van der Waals surface area contributed by atoms with Crippen molar-refractivity contribution in [3.63, 3.8) is 0 Å². The Balaban J connectivity index is 0. The number of rotatable bonds is 2. The number of hydrogen-bond acceptors (Lipinski definition) is 2. The quantitative estimate of drug-likeness (QED) is 0.736. The third-order valence-electron chi connectivity index (χ3n) is 1.21. The van der Waals surface area contributed by atoms with Gasteiger partial charge in [-0.05, 0) is 43.6 Å². The van der Waals surface area contributed by atoms with Gasteiger partial charge in [-0.15, -0.1) is 0 Å². The summed E-state index contributed by atoms with van der Waals surface area (Å²) in [7, 11) is 1.92. The minimum Gasteiger partial charge on any atom is -0.263 e. The van der Waals surface area contributed by atoms with Crippen LogP contribution in [0, 0.1) is 6.92 Å². The fourth-order valence-corrected chi connectivity index (χ4v) is 1.42. The van der Waals surface area contributed by atoms with Gasteiger partial charge in [0.1, 0.15) is 0 Å². The van der Waals surface area contributed by atoms with Crippen molar-refractivity contribution in [1.82, 2.24) is 4.72 Å². The van der Waals surface area contributed by atoms with Gasteiger partial charge in [0.25, 0.3) is 0 Å². The maximum Gasteiger partial charge on any atom is 0.0230 e. The zero-order chi connectivity index (χ0) is 11.4. The molecule has 0 atom stereocenters. The molecule has 0 aliphatic carbocycles. The van der Waals surface area contributed by atoms with Crippen LogP contribution in [0.2, 0.25) is 0 Å². The monoisotopic (exact) mass is 213 g/mol. The molecular formula is C12H23NS. The molecule has 0 heterocycles. The summed E-state index contributed by atoms with van der Waals surface area (Å²) in [5.41, 5.74) is 1.31. The first-order chi connectivity index (χ1) is 6.83. The van der Waals surface area contributed by atoms with Crippen LogP contribution in [0.15, 0.2) is 29.2 Å². The number of nitrogens with one attached hydrogen (secondary N) is 1. The van der Waals surface area contributed by atoms with Crippen molar-refractivity contribution in [3.05, 3.63) is 29.8 Å². The molecule has 0 aromatic heterocycles. The molecule has 0 amide bonds. The lowest BCUT2D eigenvalue weighted by Crippen LogP contribution is -1.89. The summed E-state index contributed by atoms with van der Waals surface area (Å²) in [5.74, 6) is 0. The van der Waals surface area contributed by atoms with Crippen molar-refractivity contribution in [2.75, 3.05) is 7.05 Å². The largest absolute Gasteiger partial charge is 0.263 e. The van der Waals surface area contributed by atoms with Crippen molar-refractivity contribution >= 4 is 11.9 Å². The highest BCUT2D eigenvalue weighted by Crippen LogP contribution is 2.14. The Labute approximate surface area is 93.4 Å². The first-order valence-electron chi connectivity index (χ1n) is 5.23. The summed E-state index contributed by atoms with van der Waals surface area (Å²) >= 11 is 1.64. The Morgan fingerprint density at radius 2 is 1.64 bits per heavy atom. The van der Waals surface area contributed by atoms with Crippen LogP contribution < -0.4 is 4.72 Å². The van der Waals surface area contributed by atoms with Gasteiger partial charge in [0, 0.05) is 4.90 Å². The smallest absolute Gasteiger partial charge is 0.0230 e. The third kappa shape index (κ3) is 8.14. The van der Waals surface area contributed by atoms with Gasteiger partial charge in [-0.1, -0.05) is 39.8 Å². The maximum atomic E-state index is 3.03. The summed E-state index contributed by atoms with van der Waals surface area (Å²) in [6.45, 7) is 10.1. The van der Waals surface area contributed by atoms with E-state index in [1.165, 1.54) is 10.5 Å². The minimum atomic E-state index is 1.27.